The molecule has 0 saturated carbocycles. The minimum absolute atomic E-state index is 0.244. The minimum atomic E-state index is -0.966. The second-order valence-electron chi connectivity index (χ2n) is 5.89. The third-order valence-electron chi connectivity index (χ3n) is 4.10. The topological polar surface area (TPSA) is 75.1 Å². The maximum atomic E-state index is 11.7. The standard InChI is InChI=1S/C20H14ClN3O2S/c21-20-23-11-14(27-20)10-22-13-5-3-4-12(8-13)18-9-16(19(25)26)15-6-1-2-7-17(15)24-18/h1-9,11,22H,10H2,(H,25,26). The van der Waals surface area contributed by atoms with Crippen molar-refractivity contribution in [2.75, 3.05) is 5.32 Å². The summed E-state index contributed by atoms with van der Waals surface area (Å²) >= 11 is 7.29. The molecule has 7 heteroatoms. The van der Waals surface area contributed by atoms with E-state index in [4.69, 9.17) is 11.6 Å². The maximum absolute atomic E-state index is 11.7. The van der Waals surface area contributed by atoms with Crippen LogP contribution in [0.3, 0.4) is 0 Å². The first kappa shape index (κ1) is 17.5. The van der Waals surface area contributed by atoms with Crippen LogP contribution in [0.25, 0.3) is 22.2 Å². The molecule has 0 atom stereocenters. The zero-order valence-electron chi connectivity index (χ0n) is 14.0. The van der Waals surface area contributed by atoms with Crippen LogP contribution in [0.2, 0.25) is 4.47 Å². The van der Waals surface area contributed by atoms with E-state index in [1.165, 1.54) is 11.3 Å². The average molecular weight is 396 g/mol. The van der Waals surface area contributed by atoms with E-state index in [9.17, 15) is 9.90 Å². The summed E-state index contributed by atoms with van der Waals surface area (Å²) in [5.74, 6) is -0.966. The molecule has 2 N–H and O–H groups in total. The molecule has 0 aliphatic carbocycles. The number of rotatable bonds is 5. The van der Waals surface area contributed by atoms with Crippen LogP contribution in [0, 0.1) is 0 Å². The lowest BCUT2D eigenvalue weighted by Crippen LogP contribution is -2.01. The number of fused-ring (bicyclic) bond motifs is 1. The molecule has 0 bridgehead atoms. The fraction of sp³-hybridized carbons (Fsp3) is 0.0500. The zero-order chi connectivity index (χ0) is 18.8. The van der Waals surface area contributed by atoms with Crippen LogP contribution < -0.4 is 5.32 Å². The first-order valence-corrected chi connectivity index (χ1v) is 9.37. The molecule has 4 aromatic rings. The molecule has 5 nitrogen and oxygen atoms in total. The molecule has 0 radical (unpaired) electrons. The van der Waals surface area contributed by atoms with E-state index >= 15 is 0 Å². The van der Waals surface area contributed by atoms with E-state index < -0.39 is 5.97 Å². The molecule has 0 fully saturated rings. The number of thiazole rings is 1. The SMILES string of the molecule is O=C(O)c1cc(-c2cccc(NCc3cnc(Cl)s3)c2)nc2ccccc12. The van der Waals surface area contributed by atoms with Gasteiger partial charge in [-0.25, -0.2) is 14.8 Å². The van der Waals surface area contributed by atoms with Crippen LogP contribution in [0.1, 0.15) is 15.2 Å². The number of anilines is 1. The smallest absolute Gasteiger partial charge is 0.336 e. The summed E-state index contributed by atoms with van der Waals surface area (Å²) < 4.78 is 0.516. The lowest BCUT2D eigenvalue weighted by atomic mass is 10.0. The van der Waals surface area contributed by atoms with Gasteiger partial charge in [0.2, 0.25) is 0 Å². The molecule has 0 aliphatic heterocycles. The highest BCUT2D eigenvalue weighted by molar-refractivity contribution is 7.15. The molecule has 2 aromatic carbocycles. The third kappa shape index (κ3) is 3.77. The predicted octanol–water partition coefficient (Wildman–Crippen LogP) is 5.32. The fourth-order valence-electron chi connectivity index (χ4n) is 2.84. The van der Waals surface area contributed by atoms with Gasteiger partial charge in [0, 0.05) is 27.7 Å². The van der Waals surface area contributed by atoms with Gasteiger partial charge >= 0.3 is 5.97 Å². The van der Waals surface area contributed by atoms with Crippen LogP contribution in [-0.2, 0) is 6.54 Å². The van der Waals surface area contributed by atoms with Gasteiger partial charge in [0.15, 0.2) is 4.47 Å². The third-order valence-corrected chi connectivity index (χ3v) is 5.21. The van der Waals surface area contributed by atoms with Crippen molar-refractivity contribution in [3.63, 3.8) is 0 Å². The fourth-order valence-corrected chi connectivity index (χ4v) is 3.76. The van der Waals surface area contributed by atoms with Gasteiger partial charge in [-0.3, -0.25) is 0 Å². The van der Waals surface area contributed by atoms with E-state index in [2.05, 4.69) is 15.3 Å². The summed E-state index contributed by atoms with van der Waals surface area (Å²) in [6.07, 6.45) is 1.74. The van der Waals surface area contributed by atoms with E-state index in [-0.39, 0.29) is 5.56 Å². The van der Waals surface area contributed by atoms with Crippen molar-refractivity contribution in [2.45, 2.75) is 6.54 Å². The number of nitrogens with zero attached hydrogens (tertiary/aromatic N) is 2. The van der Waals surface area contributed by atoms with Crippen molar-refractivity contribution >= 4 is 45.5 Å². The van der Waals surface area contributed by atoms with Crippen molar-refractivity contribution < 1.29 is 9.90 Å². The normalized spacial score (nSPS) is 10.9. The number of hydrogen-bond donors (Lipinski definition) is 2. The lowest BCUT2D eigenvalue weighted by molar-refractivity contribution is 0.0699. The molecule has 0 saturated heterocycles. The number of aromatic nitrogens is 2. The van der Waals surface area contributed by atoms with Crippen molar-refractivity contribution in [1.82, 2.24) is 9.97 Å². The number of halogens is 1. The minimum Gasteiger partial charge on any atom is -0.478 e. The van der Waals surface area contributed by atoms with Crippen LogP contribution >= 0.6 is 22.9 Å². The molecule has 134 valence electrons. The Balaban J connectivity index is 1.68. The van der Waals surface area contributed by atoms with E-state index in [0.717, 1.165) is 16.1 Å². The second-order valence-corrected chi connectivity index (χ2v) is 7.59. The van der Waals surface area contributed by atoms with Gasteiger partial charge < -0.3 is 10.4 Å². The van der Waals surface area contributed by atoms with Gasteiger partial charge in [0.25, 0.3) is 0 Å². The molecular formula is C20H14ClN3O2S. The molecule has 4 rings (SSSR count). The van der Waals surface area contributed by atoms with Gasteiger partial charge in [0.1, 0.15) is 0 Å². The Hall–Kier alpha value is -2.96. The maximum Gasteiger partial charge on any atom is 0.336 e. The van der Waals surface area contributed by atoms with Crippen molar-refractivity contribution in [3.8, 4) is 11.3 Å². The number of hydrogen-bond acceptors (Lipinski definition) is 5. The number of benzene rings is 2. The number of para-hydroxylation sites is 1. The Bertz CT molecular complexity index is 1140. The predicted molar refractivity (Wildman–Crippen MR) is 109 cm³/mol. The highest BCUT2D eigenvalue weighted by atomic mass is 35.5. The first-order valence-electron chi connectivity index (χ1n) is 8.18. The number of carboxylic acid groups (broad SMARTS) is 1. The summed E-state index contributed by atoms with van der Waals surface area (Å²) in [7, 11) is 0. The van der Waals surface area contributed by atoms with Crippen molar-refractivity contribution in [3.05, 3.63) is 75.7 Å². The molecule has 0 unspecified atom stereocenters. The monoisotopic (exact) mass is 395 g/mol. The molecular weight excluding hydrogens is 382 g/mol. The molecule has 2 aromatic heterocycles. The van der Waals surface area contributed by atoms with Crippen LogP contribution in [0.5, 0.6) is 0 Å². The molecule has 2 heterocycles. The number of aromatic carboxylic acids is 1. The average Bonchev–Trinajstić information content (AvgIpc) is 3.11. The first-order chi connectivity index (χ1) is 13.1. The number of pyridine rings is 1. The van der Waals surface area contributed by atoms with Gasteiger partial charge in [-0.15, -0.1) is 11.3 Å². The Morgan fingerprint density at radius 3 is 2.78 bits per heavy atom. The highest BCUT2D eigenvalue weighted by Crippen LogP contribution is 2.27. The van der Waals surface area contributed by atoms with E-state index in [1.807, 2.05) is 42.5 Å². The molecule has 0 amide bonds. The largest absolute Gasteiger partial charge is 0.478 e. The molecule has 0 aliphatic rings. The number of nitrogens with one attached hydrogen (secondary N) is 1. The van der Waals surface area contributed by atoms with Crippen LogP contribution in [0.15, 0.2) is 60.8 Å². The summed E-state index contributed by atoms with van der Waals surface area (Å²) in [5, 5.41) is 13.5. The van der Waals surface area contributed by atoms with Crippen molar-refractivity contribution in [2.24, 2.45) is 0 Å². The Labute approximate surface area is 164 Å². The van der Waals surface area contributed by atoms with Gasteiger partial charge in [-0.2, -0.15) is 0 Å². The molecule has 0 spiro atoms. The summed E-state index contributed by atoms with van der Waals surface area (Å²) in [5.41, 5.74) is 3.27. The van der Waals surface area contributed by atoms with Gasteiger partial charge in [-0.05, 0) is 24.3 Å². The summed E-state index contributed by atoms with van der Waals surface area (Å²) in [6, 6.07) is 16.6. The van der Waals surface area contributed by atoms with Gasteiger partial charge in [-0.1, -0.05) is 41.9 Å². The Morgan fingerprint density at radius 2 is 2.00 bits per heavy atom. The second kappa shape index (κ2) is 7.34. The highest BCUT2D eigenvalue weighted by Gasteiger charge is 2.13. The van der Waals surface area contributed by atoms with E-state index in [1.54, 1.807) is 18.3 Å². The molecule has 27 heavy (non-hydrogen) atoms. The summed E-state index contributed by atoms with van der Waals surface area (Å²) in [6.45, 7) is 0.610. The quantitative estimate of drug-likeness (QED) is 0.478. The number of carboxylic acids is 1. The zero-order valence-corrected chi connectivity index (χ0v) is 15.6. The Morgan fingerprint density at radius 1 is 1.15 bits per heavy atom. The van der Waals surface area contributed by atoms with Crippen LogP contribution in [-0.4, -0.2) is 21.0 Å². The summed E-state index contributed by atoms with van der Waals surface area (Å²) in [4.78, 5) is 21.4. The lowest BCUT2D eigenvalue weighted by Gasteiger charge is -2.09. The number of carbonyl (C=O) groups is 1. The van der Waals surface area contributed by atoms with E-state index in [0.29, 0.717) is 27.6 Å². The van der Waals surface area contributed by atoms with Crippen molar-refractivity contribution in [1.29, 1.82) is 0 Å². The van der Waals surface area contributed by atoms with Gasteiger partial charge in [0.05, 0.1) is 23.3 Å². The Kier molecular flexibility index (Phi) is 4.75. The van der Waals surface area contributed by atoms with Crippen LogP contribution in [0.4, 0.5) is 5.69 Å².